The van der Waals surface area contributed by atoms with E-state index in [4.69, 9.17) is 16.3 Å². The van der Waals surface area contributed by atoms with Crippen molar-refractivity contribution in [1.29, 1.82) is 0 Å². The Labute approximate surface area is 167 Å². The maximum Gasteiger partial charge on any atom is 0.145 e. The van der Waals surface area contributed by atoms with Crippen LogP contribution in [0.15, 0.2) is 55.1 Å². The van der Waals surface area contributed by atoms with Gasteiger partial charge in [-0.1, -0.05) is 18.5 Å². The van der Waals surface area contributed by atoms with E-state index in [9.17, 15) is 0 Å². The molecule has 0 amide bonds. The zero-order valence-corrected chi connectivity index (χ0v) is 16.2. The molecule has 0 saturated carbocycles. The Morgan fingerprint density at radius 1 is 1.00 bits per heavy atom. The van der Waals surface area contributed by atoms with Gasteiger partial charge in [0.2, 0.25) is 0 Å². The Hall–Kier alpha value is -3.25. The van der Waals surface area contributed by atoms with E-state index in [1.807, 2.05) is 37.3 Å². The second-order valence-corrected chi connectivity index (χ2v) is 6.68. The van der Waals surface area contributed by atoms with Crippen molar-refractivity contribution in [2.24, 2.45) is 0 Å². The maximum absolute atomic E-state index is 6.02. The number of fused-ring (bicyclic) bond motifs is 1. The predicted molar refractivity (Wildman–Crippen MR) is 110 cm³/mol. The summed E-state index contributed by atoms with van der Waals surface area (Å²) in [5.74, 6) is 2.16. The van der Waals surface area contributed by atoms with Crippen LogP contribution < -0.4 is 10.1 Å². The molecular weight excluding hydrogens is 374 g/mol. The van der Waals surface area contributed by atoms with E-state index < -0.39 is 0 Å². The molecule has 0 atom stereocenters. The first kappa shape index (κ1) is 18.1. The molecule has 140 valence electrons. The number of pyridine rings is 2. The molecule has 4 rings (SSSR count). The summed E-state index contributed by atoms with van der Waals surface area (Å²) in [5, 5.41) is 4.52. The van der Waals surface area contributed by atoms with Crippen molar-refractivity contribution in [1.82, 2.24) is 19.9 Å². The Morgan fingerprint density at radius 3 is 2.64 bits per heavy atom. The van der Waals surface area contributed by atoms with Crippen LogP contribution in [-0.2, 0) is 6.42 Å². The summed E-state index contributed by atoms with van der Waals surface area (Å²) in [4.78, 5) is 17.0. The van der Waals surface area contributed by atoms with E-state index >= 15 is 0 Å². The molecule has 4 aromatic rings. The number of benzene rings is 1. The molecule has 6 nitrogen and oxygen atoms in total. The summed E-state index contributed by atoms with van der Waals surface area (Å²) >= 11 is 6.02. The fourth-order valence-corrected chi connectivity index (χ4v) is 2.98. The quantitative estimate of drug-likeness (QED) is 0.454. The molecule has 0 aliphatic heterocycles. The van der Waals surface area contributed by atoms with Gasteiger partial charge in [0.25, 0.3) is 0 Å². The van der Waals surface area contributed by atoms with E-state index in [0.29, 0.717) is 16.7 Å². The average molecular weight is 392 g/mol. The number of nitrogens with zero attached hydrogens (tertiary/aromatic N) is 4. The standard InChI is InChI=1S/C21H18ClN5O/c1-3-14-4-6-16(10-23-14)28-19-7-5-15(8-13(19)2)27-21-17-9-20(22)24-11-18(17)25-12-26-21/h4-12H,3H2,1-2H3,(H,25,26,27). The lowest BCUT2D eigenvalue weighted by Crippen LogP contribution is -1.97. The highest BCUT2D eigenvalue weighted by Crippen LogP contribution is 2.30. The van der Waals surface area contributed by atoms with E-state index in [0.717, 1.165) is 40.0 Å². The first-order valence-corrected chi connectivity index (χ1v) is 9.27. The molecule has 0 spiro atoms. The van der Waals surface area contributed by atoms with Gasteiger partial charge in [0.15, 0.2) is 0 Å². The fourth-order valence-electron chi connectivity index (χ4n) is 2.82. The van der Waals surface area contributed by atoms with Gasteiger partial charge in [-0.3, -0.25) is 4.98 Å². The van der Waals surface area contributed by atoms with Gasteiger partial charge in [-0.25, -0.2) is 15.0 Å². The van der Waals surface area contributed by atoms with Crippen molar-refractivity contribution >= 4 is 34.0 Å². The summed E-state index contributed by atoms with van der Waals surface area (Å²) in [6, 6.07) is 11.5. The van der Waals surface area contributed by atoms with Crippen molar-refractivity contribution in [3.05, 3.63) is 71.5 Å². The summed E-state index contributed by atoms with van der Waals surface area (Å²) in [5.41, 5.74) is 3.64. The number of hydrogen-bond acceptors (Lipinski definition) is 6. The zero-order valence-electron chi connectivity index (χ0n) is 15.5. The van der Waals surface area contributed by atoms with Gasteiger partial charge in [0, 0.05) is 16.8 Å². The number of ether oxygens (including phenoxy) is 1. The van der Waals surface area contributed by atoms with Crippen LogP contribution in [0.3, 0.4) is 0 Å². The van der Waals surface area contributed by atoms with Crippen LogP contribution in [0.25, 0.3) is 10.9 Å². The van der Waals surface area contributed by atoms with E-state index in [1.165, 1.54) is 6.33 Å². The molecule has 0 bridgehead atoms. The number of rotatable bonds is 5. The molecule has 7 heteroatoms. The first-order valence-electron chi connectivity index (χ1n) is 8.89. The average Bonchev–Trinajstić information content (AvgIpc) is 2.71. The summed E-state index contributed by atoms with van der Waals surface area (Å²) in [7, 11) is 0. The highest BCUT2D eigenvalue weighted by atomic mass is 35.5. The largest absolute Gasteiger partial charge is 0.455 e. The molecule has 0 unspecified atom stereocenters. The van der Waals surface area contributed by atoms with Crippen molar-refractivity contribution in [2.75, 3.05) is 5.32 Å². The molecular formula is C21H18ClN5O. The topological polar surface area (TPSA) is 72.8 Å². The molecule has 1 N–H and O–H groups in total. The molecule has 28 heavy (non-hydrogen) atoms. The van der Waals surface area contributed by atoms with Crippen LogP contribution in [0.2, 0.25) is 5.15 Å². The SMILES string of the molecule is CCc1ccc(Oc2ccc(Nc3ncnc4cnc(Cl)cc34)cc2C)cn1. The molecule has 0 saturated heterocycles. The van der Waals surface area contributed by atoms with Crippen LogP contribution in [0.1, 0.15) is 18.2 Å². The lowest BCUT2D eigenvalue weighted by atomic mass is 10.2. The Bertz CT molecular complexity index is 1130. The summed E-state index contributed by atoms with van der Waals surface area (Å²) in [6.07, 6.45) is 5.77. The fraction of sp³-hybridized carbons (Fsp3) is 0.143. The van der Waals surface area contributed by atoms with Gasteiger partial charge in [-0.05, 0) is 55.3 Å². The zero-order chi connectivity index (χ0) is 19.5. The minimum Gasteiger partial charge on any atom is -0.455 e. The Balaban J connectivity index is 1.57. The molecule has 3 aromatic heterocycles. The third kappa shape index (κ3) is 3.87. The van der Waals surface area contributed by atoms with Crippen molar-refractivity contribution in [3.63, 3.8) is 0 Å². The number of hydrogen-bond donors (Lipinski definition) is 1. The van der Waals surface area contributed by atoms with Crippen molar-refractivity contribution < 1.29 is 4.74 Å². The lowest BCUT2D eigenvalue weighted by molar-refractivity contribution is 0.476. The maximum atomic E-state index is 6.02. The van der Waals surface area contributed by atoms with Gasteiger partial charge >= 0.3 is 0 Å². The van der Waals surface area contributed by atoms with Gasteiger partial charge in [0.05, 0.1) is 17.9 Å². The van der Waals surface area contributed by atoms with Crippen LogP contribution >= 0.6 is 11.6 Å². The number of halogens is 1. The van der Waals surface area contributed by atoms with Gasteiger partial charge in [0.1, 0.15) is 28.8 Å². The highest BCUT2D eigenvalue weighted by molar-refractivity contribution is 6.30. The predicted octanol–water partition coefficient (Wildman–Crippen LogP) is 5.48. The second-order valence-electron chi connectivity index (χ2n) is 6.29. The van der Waals surface area contributed by atoms with Crippen molar-refractivity contribution in [3.8, 4) is 11.5 Å². The highest BCUT2D eigenvalue weighted by Gasteiger charge is 2.08. The third-order valence-corrected chi connectivity index (χ3v) is 4.52. The number of nitrogens with one attached hydrogen (secondary N) is 1. The molecule has 1 aromatic carbocycles. The number of anilines is 2. The first-order chi connectivity index (χ1) is 13.6. The third-order valence-electron chi connectivity index (χ3n) is 4.31. The number of aryl methyl sites for hydroxylation is 2. The van der Waals surface area contributed by atoms with E-state index in [2.05, 4.69) is 32.2 Å². The minimum atomic E-state index is 0.396. The van der Waals surface area contributed by atoms with Crippen LogP contribution in [0.5, 0.6) is 11.5 Å². The van der Waals surface area contributed by atoms with Crippen LogP contribution in [0, 0.1) is 6.92 Å². The van der Waals surface area contributed by atoms with Gasteiger partial charge in [-0.15, -0.1) is 0 Å². The smallest absolute Gasteiger partial charge is 0.145 e. The normalized spacial score (nSPS) is 10.8. The monoisotopic (exact) mass is 391 g/mol. The Kier molecular flexibility index (Phi) is 5.04. The van der Waals surface area contributed by atoms with Gasteiger partial charge in [-0.2, -0.15) is 0 Å². The molecule has 3 heterocycles. The van der Waals surface area contributed by atoms with Crippen LogP contribution in [0.4, 0.5) is 11.5 Å². The second kappa shape index (κ2) is 7.78. The Morgan fingerprint density at radius 2 is 1.89 bits per heavy atom. The summed E-state index contributed by atoms with van der Waals surface area (Å²) in [6.45, 7) is 4.07. The number of aromatic nitrogens is 4. The van der Waals surface area contributed by atoms with E-state index in [1.54, 1.807) is 18.5 Å². The van der Waals surface area contributed by atoms with E-state index in [-0.39, 0.29) is 0 Å². The minimum absolute atomic E-state index is 0.396. The molecule has 0 aliphatic rings. The molecule has 0 fully saturated rings. The molecule has 0 radical (unpaired) electrons. The van der Waals surface area contributed by atoms with Crippen molar-refractivity contribution in [2.45, 2.75) is 20.3 Å². The summed E-state index contributed by atoms with van der Waals surface area (Å²) < 4.78 is 5.96. The molecule has 0 aliphatic carbocycles. The van der Waals surface area contributed by atoms with Gasteiger partial charge < -0.3 is 10.1 Å². The lowest BCUT2D eigenvalue weighted by Gasteiger charge is -2.12. The van der Waals surface area contributed by atoms with Crippen LogP contribution in [-0.4, -0.2) is 19.9 Å².